The third-order valence-electron chi connectivity index (χ3n) is 8.48. The molecule has 4 aromatic rings. The molecule has 2 fully saturated rings. The van der Waals surface area contributed by atoms with Crippen molar-refractivity contribution in [1.82, 2.24) is 25.2 Å². The van der Waals surface area contributed by atoms with Crippen molar-refractivity contribution >= 4 is 39.3 Å². The number of fused-ring (bicyclic) bond motifs is 2. The Hall–Kier alpha value is -4.82. The van der Waals surface area contributed by atoms with Crippen LogP contribution in [0.4, 0.5) is 20.5 Å². The van der Waals surface area contributed by atoms with E-state index < -0.39 is 11.6 Å². The van der Waals surface area contributed by atoms with Gasteiger partial charge in [-0.2, -0.15) is 4.98 Å². The molecule has 2 aliphatic heterocycles. The van der Waals surface area contributed by atoms with Gasteiger partial charge in [0.15, 0.2) is 5.82 Å². The van der Waals surface area contributed by atoms with Gasteiger partial charge in [0.2, 0.25) is 11.9 Å². The summed E-state index contributed by atoms with van der Waals surface area (Å²) < 4.78 is 31.5. The minimum atomic E-state index is -0.734. The quantitative estimate of drug-likeness (QED) is 0.252. The summed E-state index contributed by atoms with van der Waals surface area (Å²) in [6.45, 7) is 6.04. The van der Waals surface area contributed by atoms with Crippen molar-refractivity contribution in [2.75, 3.05) is 50.1 Å². The molecule has 226 valence electrons. The molecule has 9 nitrogen and oxygen atoms in total. The van der Waals surface area contributed by atoms with Gasteiger partial charge >= 0.3 is 0 Å². The van der Waals surface area contributed by atoms with Crippen LogP contribution in [0.15, 0.2) is 43.1 Å². The highest BCUT2D eigenvalue weighted by Gasteiger charge is 2.33. The third kappa shape index (κ3) is 5.26. The second-order valence-corrected chi connectivity index (χ2v) is 11.6. The Morgan fingerprint density at radius 3 is 2.70 bits per heavy atom. The predicted molar refractivity (Wildman–Crippen MR) is 168 cm³/mol. The van der Waals surface area contributed by atoms with Crippen molar-refractivity contribution in [2.45, 2.75) is 31.3 Å². The maximum atomic E-state index is 16.7. The van der Waals surface area contributed by atoms with Gasteiger partial charge in [-0.3, -0.25) is 9.78 Å². The van der Waals surface area contributed by atoms with Crippen LogP contribution < -0.4 is 15.1 Å². The number of nitrogens with zero attached hydrogens (tertiary/aromatic N) is 6. The number of halogens is 2. The van der Waals surface area contributed by atoms with E-state index in [1.54, 1.807) is 0 Å². The van der Waals surface area contributed by atoms with Gasteiger partial charge in [-0.25, -0.2) is 13.8 Å². The SMILES string of the molecule is C#Cc1c(F)ccc2cc(O)cc(-c3ncc4c(N5CCCCC(NC(=O)C=C)C5)nc(N5CC(N(C)C)C5)nc4c3F)c12. The Balaban J connectivity index is 1.53. The molecule has 0 saturated carbocycles. The number of hydrogen-bond donors (Lipinski definition) is 2. The number of carbonyl (C=O) groups excluding carboxylic acids is 1. The van der Waals surface area contributed by atoms with Crippen molar-refractivity contribution in [3.05, 3.63) is 60.3 Å². The van der Waals surface area contributed by atoms with Gasteiger partial charge in [0.25, 0.3) is 0 Å². The van der Waals surface area contributed by atoms with Crippen molar-refractivity contribution in [3.8, 4) is 29.4 Å². The highest BCUT2D eigenvalue weighted by Crippen LogP contribution is 2.39. The average molecular weight is 598 g/mol. The Bertz CT molecular complexity index is 1830. The van der Waals surface area contributed by atoms with Gasteiger partial charge in [-0.15, -0.1) is 6.42 Å². The number of terminal acetylenes is 1. The number of aromatic nitrogens is 3. The number of hydrogen-bond acceptors (Lipinski definition) is 8. The fourth-order valence-electron chi connectivity index (χ4n) is 6.01. The third-order valence-corrected chi connectivity index (χ3v) is 8.48. The van der Waals surface area contributed by atoms with Crippen molar-refractivity contribution in [3.63, 3.8) is 0 Å². The lowest BCUT2D eigenvalue weighted by Crippen LogP contribution is -2.58. The molecular formula is C33H33F2N7O2. The molecule has 1 unspecified atom stereocenters. The normalized spacial score (nSPS) is 17.4. The van der Waals surface area contributed by atoms with E-state index in [1.807, 2.05) is 23.9 Å². The van der Waals surface area contributed by atoms with Gasteiger partial charge in [0, 0.05) is 55.4 Å². The first-order valence-corrected chi connectivity index (χ1v) is 14.6. The molecule has 2 aliphatic rings. The largest absolute Gasteiger partial charge is 0.508 e. The van der Waals surface area contributed by atoms with Gasteiger partial charge in [-0.05, 0) is 63.0 Å². The van der Waals surface area contributed by atoms with Gasteiger partial charge in [0.1, 0.15) is 28.6 Å². The van der Waals surface area contributed by atoms with Crippen molar-refractivity contribution < 1.29 is 18.7 Å². The molecular weight excluding hydrogens is 564 g/mol. The zero-order valence-corrected chi connectivity index (χ0v) is 24.6. The molecule has 4 heterocycles. The van der Waals surface area contributed by atoms with Gasteiger partial charge in [0.05, 0.1) is 10.9 Å². The number of carbonyl (C=O) groups is 1. The molecule has 1 amide bonds. The lowest BCUT2D eigenvalue weighted by Gasteiger charge is -2.43. The number of rotatable bonds is 6. The summed E-state index contributed by atoms with van der Waals surface area (Å²) in [5, 5.41) is 14.6. The van der Waals surface area contributed by atoms with E-state index in [2.05, 4.69) is 27.7 Å². The van der Waals surface area contributed by atoms with Crippen LogP contribution in [0.1, 0.15) is 24.8 Å². The Kier molecular flexibility index (Phi) is 7.78. The van der Waals surface area contributed by atoms with E-state index in [4.69, 9.17) is 16.4 Å². The lowest BCUT2D eigenvalue weighted by molar-refractivity contribution is -0.117. The Morgan fingerprint density at radius 1 is 1.18 bits per heavy atom. The molecule has 2 N–H and O–H groups in total. The summed E-state index contributed by atoms with van der Waals surface area (Å²) in [7, 11) is 4.02. The van der Waals surface area contributed by atoms with Crippen molar-refractivity contribution in [1.29, 1.82) is 0 Å². The monoisotopic (exact) mass is 597 g/mol. The van der Waals surface area contributed by atoms with Gasteiger partial charge < -0.3 is 25.1 Å². The number of anilines is 2. The molecule has 0 aliphatic carbocycles. The van der Waals surface area contributed by atoms with Crippen LogP contribution in [-0.2, 0) is 4.79 Å². The Morgan fingerprint density at radius 2 is 1.98 bits per heavy atom. The maximum Gasteiger partial charge on any atom is 0.243 e. The molecule has 0 spiro atoms. The fourth-order valence-corrected chi connectivity index (χ4v) is 6.01. The van der Waals surface area contributed by atoms with Crippen LogP contribution in [0.2, 0.25) is 0 Å². The van der Waals surface area contributed by atoms with E-state index in [1.165, 1.54) is 36.5 Å². The first kappa shape index (κ1) is 29.3. The second kappa shape index (κ2) is 11.7. The van der Waals surface area contributed by atoms with Crippen LogP contribution in [0.25, 0.3) is 32.9 Å². The fraction of sp³-hybridized carbons (Fsp3) is 0.333. The number of amides is 1. The van der Waals surface area contributed by atoms with E-state index >= 15 is 4.39 Å². The molecule has 2 aromatic carbocycles. The summed E-state index contributed by atoms with van der Waals surface area (Å²) >= 11 is 0. The van der Waals surface area contributed by atoms with E-state index in [-0.39, 0.29) is 45.4 Å². The molecule has 44 heavy (non-hydrogen) atoms. The summed E-state index contributed by atoms with van der Waals surface area (Å²) in [6, 6.07) is 5.65. The number of benzene rings is 2. The number of nitrogens with one attached hydrogen (secondary N) is 1. The van der Waals surface area contributed by atoms with E-state index in [0.29, 0.717) is 54.8 Å². The molecule has 2 saturated heterocycles. The molecule has 6 rings (SSSR count). The summed E-state index contributed by atoms with van der Waals surface area (Å²) in [6.07, 6.45) is 11.0. The zero-order chi connectivity index (χ0) is 31.1. The number of phenols is 1. The summed E-state index contributed by atoms with van der Waals surface area (Å²) in [5.41, 5.74) is 0.0507. The van der Waals surface area contributed by atoms with Crippen LogP contribution in [0.5, 0.6) is 5.75 Å². The Labute approximate surface area is 254 Å². The summed E-state index contributed by atoms with van der Waals surface area (Å²) in [4.78, 5) is 32.4. The van der Waals surface area contributed by atoms with Crippen LogP contribution >= 0.6 is 0 Å². The first-order valence-electron chi connectivity index (χ1n) is 14.6. The first-order chi connectivity index (χ1) is 21.2. The zero-order valence-electron chi connectivity index (χ0n) is 24.6. The number of pyridine rings is 1. The van der Waals surface area contributed by atoms with E-state index in [0.717, 1.165) is 19.3 Å². The second-order valence-electron chi connectivity index (χ2n) is 11.6. The van der Waals surface area contributed by atoms with E-state index in [9.17, 15) is 14.3 Å². The smallest absolute Gasteiger partial charge is 0.243 e. The highest BCUT2D eigenvalue weighted by molar-refractivity contribution is 6.03. The molecule has 0 radical (unpaired) electrons. The predicted octanol–water partition coefficient (Wildman–Crippen LogP) is 4.22. The molecule has 11 heteroatoms. The average Bonchev–Trinajstić information content (AvgIpc) is 3.21. The number of likely N-dealkylation sites (N-methyl/N-ethyl adjacent to an activating group) is 1. The van der Waals surface area contributed by atoms with Gasteiger partial charge in [-0.1, -0.05) is 18.6 Å². The molecule has 2 aromatic heterocycles. The topological polar surface area (TPSA) is 97.7 Å². The van der Waals surface area contributed by atoms with Crippen LogP contribution in [0, 0.1) is 24.0 Å². The standard InChI is InChI=1S/C33H33F2N7O2/c1-5-23-26(34)11-10-19-13-22(43)14-24(28(19)23)30-29(35)31-25(15-36-30)32(39-33(38-31)42-17-21(18-42)40(3)4)41-12-8-7-9-20(16-41)37-27(44)6-2/h1,6,10-11,13-15,20-21,43H,2,7-9,12,16-18H2,3-4H3,(H,37,44). The van der Waals surface area contributed by atoms with Crippen LogP contribution in [0.3, 0.4) is 0 Å². The van der Waals surface area contributed by atoms with Crippen molar-refractivity contribution in [2.24, 2.45) is 0 Å². The van der Waals surface area contributed by atoms with Crippen LogP contribution in [-0.4, -0.2) is 83.2 Å². The molecule has 0 bridgehead atoms. The minimum absolute atomic E-state index is 0.0460. The summed E-state index contributed by atoms with van der Waals surface area (Å²) in [5.74, 6) is 1.52. The number of phenolic OH excluding ortho intramolecular Hbond substituents is 1. The maximum absolute atomic E-state index is 16.7. The molecule has 1 atom stereocenters. The number of aromatic hydroxyl groups is 1. The minimum Gasteiger partial charge on any atom is -0.508 e. The lowest BCUT2D eigenvalue weighted by atomic mass is 9.96. The highest BCUT2D eigenvalue weighted by atomic mass is 19.1.